The van der Waals surface area contributed by atoms with Crippen LogP contribution in [-0.2, 0) is 4.43 Å². The Morgan fingerprint density at radius 2 is 0.857 bits per heavy atom. The van der Waals surface area contributed by atoms with Crippen LogP contribution in [0.2, 0.25) is 6.04 Å². The second-order valence-corrected chi connectivity index (χ2v) is 8.34. The molecule has 0 aromatic carbocycles. The van der Waals surface area contributed by atoms with Crippen molar-refractivity contribution < 1.29 is 4.43 Å². The van der Waals surface area contributed by atoms with E-state index in [1.165, 1.54) is 109 Å². The average molecular weight is 315 g/mol. The Morgan fingerprint density at radius 1 is 0.524 bits per heavy atom. The molecule has 0 bridgehead atoms. The summed E-state index contributed by atoms with van der Waals surface area (Å²) in [6.45, 7) is 2.29. The van der Waals surface area contributed by atoms with Crippen molar-refractivity contribution in [1.82, 2.24) is 0 Å². The zero-order valence-electron chi connectivity index (χ0n) is 15.1. The summed E-state index contributed by atoms with van der Waals surface area (Å²) in [4.78, 5) is 0. The summed E-state index contributed by atoms with van der Waals surface area (Å²) < 4.78 is 5.20. The van der Waals surface area contributed by atoms with Crippen molar-refractivity contribution >= 4 is 9.76 Å². The molecule has 0 radical (unpaired) electrons. The van der Waals surface area contributed by atoms with Gasteiger partial charge in [0, 0.05) is 7.11 Å². The zero-order chi connectivity index (χ0) is 15.4. The first-order valence-electron chi connectivity index (χ1n) is 9.90. The molecule has 0 saturated heterocycles. The summed E-state index contributed by atoms with van der Waals surface area (Å²) in [6, 6.07) is 1.38. The Bertz CT molecular complexity index is 155. The predicted molar refractivity (Wildman–Crippen MR) is 99.9 cm³/mol. The normalized spacial score (nSPS) is 11.7. The summed E-state index contributed by atoms with van der Waals surface area (Å²) in [5.74, 6) is 0. The lowest BCUT2D eigenvalue weighted by atomic mass is 10.0. The first kappa shape index (κ1) is 21.2. The molecule has 0 aliphatic carbocycles. The van der Waals surface area contributed by atoms with Gasteiger partial charge in [0.1, 0.15) is 0 Å². The van der Waals surface area contributed by atoms with E-state index in [4.69, 9.17) is 4.43 Å². The molecule has 0 rings (SSSR count). The van der Waals surface area contributed by atoms with Crippen molar-refractivity contribution in [3.05, 3.63) is 0 Å². The van der Waals surface area contributed by atoms with Gasteiger partial charge in [0.25, 0.3) is 0 Å². The van der Waals surface area contributed by atoms with E-state index < -0.39 is 0 Å². The van der Waals surface area contributed by atoms with Gasteiger partial charge in [-0.15, -0.1) is 0 Å². The van der Waals surface area contributed by atoms with Gasteiger partial charge in [0.05, 0.1) is 0 Å². The quantitative estimate of drug-likeness (QED) is 0.210. The minimum absolute atomic E-state index is 0.143. The number of unbranched alkanes of at least 4 members (excludes halogenated alkanes) is 15. The van der Waals surface area contributed by atoms with Crippen LogP contribution in [0.1, 0.15) is 110 Å². The Labute approximate surface area is 137 Å². The fourth-order valence-corrected chi connectivity index (χ4v) is 3.82. The number of hydrogen-bond donors (Lipinski definition) is 0. The standard InChI is InChI=1S/C19H42OSi/c1-3-4-5-6-7-8-9-10-11-12-13-14-15-16-17-18-19-21-20-2/h3-19,21H2,1-2H3. The van der Waals surface area contributed by atoms with Gasteiger partial charge in [-0.1, -0.05) is 110 Å². The van der Waals surface area contributed by atoms with Gasteiger partial charge in [-0.05, 0) is 6.04 Å². The van der Waals surface area contributed by atoms with Gasteiger partial charge in [0.2, 0.25) is 0 Å². The molecule has 128 valence electrons. The molecule has 0 spiro atoms. The highest BCUT2D eigenvalue weighted by atomic mass is 28.2. The SMILES string of the molecule is CCCCCCCCCCCCCCCCCC[SiH2]OC. The lowest BCUT2D eigenvalue weighted by molar-refractivity contribution is 0.438. The molecule has 0 aliphatic heterocycles. The van der Waals surface area contributed by atoms with Gasteiger partial charge in [-0.25, -0.2) is 0 Å². The second-order valence-electron chi connectivity index (χ2n) is 6.65. The molecule has 1 nitrogen and oxygen atoms in total. The second kappa shape index (κ2) is 20.2. The maximum Gasteiger partial charge on any atom is 0.161 e. The van der Waals surface area contributed by atoms with Crippen LogP contribution in [0, 0.1) is 0 Å². The summed E-state index contributed by atoms with van der Waals surface area (Å²) in [6.07, 6.45) is 23.3. The molecule has 0 fully saturated rings. The highest BCUT2D eigenvalue weighted by molar-refractivity contribution is 6.26. The maximum atomic E-state index is 5.20. The van der Waals surface area contributed by atoms with Crippen LogP contribution in [0.3, 0.4) is 0 Å². The van der Waals surface area contributed by atoms with Gasteiger partial charge in [-0.2, -0.15) is 0 Å². The smallest absolute Gasteiger partial charge is 0.161 e. The third kappa shape index (κ3) is 20.2. The fourth-order valence-electron chi connectivity index (χ4n) is 2.97. The van der Waals surface area contributed by atoms with Crippen molar-refractivity contribution in [2.75, 3.05) is 7.11 Å². The van der Waals surface area contributed by atoms with Crippen molar-refractivity contribution in [2.24, 2.45) is 0 Å². The molecule has 0 aromatic rings. The number of hydrogen-bond acceptors (Lipinski definition) is 1. The van der Waals surface area contributed by atoms with Crippen LogP contribution in [0.15, 0.2) is 0 Å². The predicted octanol–water partition coefficient (Wildman–Crippen LogP) is 6.40. The van der Waals surface area contributed by atoms with E-state index in [9.17, 15) is 0 Å². The molecule has 21 heavy (non-hydrogen) atoms. The molecule has 0 aromatic heterocycles. The van der Waals surface area contributed by atoms with E-state index in [1.54, 1.807) is 0 Å². The summed E-state index contributed by atoms with van der Waals surface area (Å²) in [5, 5.41) is 0. The van der Waals surface area contributed by atoms with Crippen LogP contribution in [0.5, 0.6) is 0 Å². The third-order valence-electron chi connectivity index (χ3n) is 4.45. The van der Waals surface area contributed by atoms with Gasteiger partial charge in [0.15, 0.2) is 9.76 Å². The van der Waals surface area contributed by atoms with E-state index in [-0.39, 0.29) is 9.76 Å². The molecule has 0 aliphatic rings. The molecule has 2 heteroatoms. The topological polar surface area (TPSA) is 9.23 Å². The summed E-state index contributed by atoms with van der Waals surface area (Å²) >= 11 is 0. The van der Waals surface area contributed by atoms with Gasteiger partial charge >= 0.3 is 0 Å². The van der Waals surface area contributed by atoms with Gasteiger partial charge < -0.3 is 4.43 Å². The highest BCUT2D eigenvalue weighted by Gasteiger charge is 1.94. The van der Waals surface area contributed by atoms with Gasteiger partial charge in [-0.3, -0.25) is 0 Å². The molecular formula is C19H42OSi. The van der Waals surface area contributed by atoms with E-state index in [0.29, 0.717) is 0 Å². The van der Waals surface area contributed by atoms with E-state index >= 15 is 0 Å². The molecule has 0 N–H and O–H groups in total. The Balaban J connectivity index is 2.90. The summed E-state index contributed by atoms with van der Waals surface area (Å²) in [7, 11) is 1.72. The third-order valence-corrected chi connectivity index (χ3v) is 5.65. The Hall–Kier alpha value is 0.177. The Kier molecular flexibility index (Phi) is 20.3. The van der Waals surface area contributed by atoms with Crippen molar-refractivity contribution in [3.63, 3.8) is 0 Å². The monoisotopic (exact) mass is 314 g/mol. The molecule has 0 saturated carbocycles. The summed E-state index contributed by atoms with van der Waals surface area (Å²) in [5.41, 5.74) is 0. The van der Waals surface area contributed by atoms with Crippen LogP contribution in [-0.4, -0.2) is 16.9 Å². The first-order valence-corrected chi connectivity index (χ1v) is 11.5. The maximum absolute atomic E-state index is 5.20. The van der Waals surface area contributed by atoms with Crippen molar-refractivity contribution in [3.8, 4) is 0 Å². The van der Waals surface area contributed by atoms with Crippen LogP contribution in [0.25, 0.3) is 0 Å². The fraction of sp³-hybridized carbons (Fsp3) is 1.00. The van der Waals surface area contributed by atoms with E-state index in [1.807, 2.05) is 7.11 Å². The molecule has 0 heterocycles. The van der Waals surface area contributed by atoms with E-state index in [0.717, 1.165) is 0 Å². The minimum Gasteiger partial charge on any atom is -0.427 e. The van der Waals surface area contributed by atoms with Crippen molar-refractivity contribution in [1.29, 1.82) is 0 Å². The number of rotatable bonds is 18. The molecule has 0 atom stereocenters. The Morgan fingerprint density at radius 3 is 1.19 bits per heavy atom. The zero-order valence-corrected chi connectivity index (χ0v) is 16.6. The van der Waals surface area contributed by atoms with Crippen LogP contribution >= 0.6 is 0 Å². The lowest BCUT2D eigenvalue weighted by Crippen LogP contribution is -1.91. The molecule has 0 amide bonds. The highest BCUT2D eigenvalue weighted by Crippen LogP contribution is 2.13. The average Bonchev–Trinajstić information content (AvgIpc) is 2.50. The lowest BCUT2D eigenvalue weighted by Gasteiger charge is -2.03. The van der Waals surface area contributed by atoms with Crippen LogP contribution < -0.4 is 0 Å². The molecular weight excluding hydrogens is 272 g/mol. The van der Waals surface area contributed by atoms with Crippen LogP contribution in [0.4, 0.5) is 0 Å². The largest absolute Gasteiger partial charge is 0.427 e. The van der Waals surface area contributed by atoms with Crippen molar-refractivity contribution in [2.45, 2.75) is 116 Å². The molecule has 0 unspecified atom stereocenters. The first-order chi connectivity index (χ1) is 10.4. The minimum atomic E-state index is -0.143. The van der Waals surface area contributed by atoms with E-state index in [2.05, 4.69) is 6.92 Å².